The molecule has 0 aromatic carbocycles. The Balaban J connectivity index is 2.93. The topological polar surface area (TPSA) is 83.6 Å². The molecule has 0 spiro atoms. The Hall–Kier alpha value is -0.330. The van der Waals surface area contributed by atoms with E-state index >= 15 is 0 Å². The van der Waals surface area contributed by atoms with Crippen LogP contribution in [0.5, 0.6) is 0 Å². The van der Waals surface area contributed by atoms with Crippen molar-refractivity contribution in [2.24, 2.45) is 5.41 Å². The Morgan fingerprint density at radius 1 is 1.35 bits per heavy atom. The molecule has 6 heteroatoms. The molecular formula is C11H18InNO4. The maximum atomic E-state index is 10.9. The summed E-state index contributed by atoms with van der Waals surface area (Å²) in [5.74, 6) is 0. The zero-order valence-corrected chi connectivity index (χ0v) is 13.5. The molecule has 0 saturated carbocycles. The van der Waals surface area contributed by atoms with Crippen molar-refractivity contribution < 1.29 is 15.1 Å². The molecule has 0 saturated heterocycles. The van der Waals surface area contributed by atoms with Gasteiger partial charge in [0.05, 0.1) is 0 Å². The van der Waals surface area contributed by atoms with Gasteiger partial charge in [-0.3, -0.25) is 0 Å². The number of hydrogen-bond acceptors (Lipinski definition) is 4. The minimum atomic E-state index is -2.65. The quantitative estimate of drug-likeness (QED) is 0.558. The van der Waals surface area contributed by atoms with E-state index in [0.29, 0.717) is 14.1 Å². The molecule has 0 bridgehead atoms. The van der Waals surface area contributed by atoms with Crippen LogP contribution < -0.4 is 0 Å². The average Bonchev–Trinajstić information content (AvgIpc) is 2.62. The van der Waals surface area contributed by atoms with Gasteiger partial charge in [0, 0.05) is 0 Å². The number of rotatable bonds is 6. The Morgan fingerprint density at radius 3 is 2.47 bits per heavy atom. The molecule has 5 nitrogen and oxygen atoms in total. The van der Waals surface area contributed by atoms with E-state index in [2.05, 4.69) is 0 Å². The molecule has 0 aliphatic carbocycles. The Kier molecular flexibility index (Phi) is 5.22. The van der Waals surface area contributed by atoms with Crippen LogP contribution in [-0.4, -0.2) is 49.8 Å². The number of nitro groups is 1. The van der Waals surface area contributed by atoms with E-state index in [-0.39, 0.29) is 23.6 Å². The first kappa shape index (κ1) is 14.7. The Morgan fingerprint density at radius 2 is 2.00 bits per heavy atom. The maximum absolute atomic E-state index is 10.9. The third-order valence-corrected chi connectivity index (χ3v) is 13.8. The molecule has 1 heterocycles. The van der Waals surface area contributed by atoms with E-state index in [9.17, 15) is 10.1 Å². The molecule has 0 radical (unpaired) electrons. The third kappa shape index (κ3) is 3.33. The molecule has 0 amide bonds. The summed E-state index contributed by atoms with van der Waals surface area (Å²) >= 11 is -2.65. The van der Waals surface area contributed by atoms with Crippen LogP contribution in [0.1, 0.15) is 20.3 Å². The van der Waals surface area contributed by atoms with E-state index in [1.807, 2.05) is 19.9 Å². The van der Waals surface area contributed by atoms with Crippen LogP contribution in [0.15, 0.2) is 18.9 Å². The first-order valence-corrected chi connectivity index (χ1v) is 11.3. The van der Waals surface area contributed by atoms with Crippen LogP contribution in [0.25, 0.3) is 0 Å². The van der Waals surface area contributed by atoms with Crippen molar-refractivity contribution in [1.29, 1.82) is 0 Å². The number of hydrogen-bond donors (Lipinski definition) is 2. The van der Waals surface area contributed by atoms with Gasteiger partial charge in [-0.15, -0.1) is 0 Å². The average molecular weight is 343 g/mol. The third-order valence-electron chi connectivity index (χ3n) is 3.31. The first-order valence-electron chi connectivity index (χ1n) is 5.72. The van der Waals surface area contributed by atoms with Crippen molar-refractivity contribution in [1.82, 2.24) is 0 Å². The van der Waals surface area contributed by atoms with Crippen LogP contribution in [-0.2, 0) is 0 Å². The van der Waals surface area contributed by atoms with Crippen LogP contribution >= 0.6 is 0 Å². The number of aliphatic hydroxyl groups excluding tert-OH is 2. The summed E-state index contributed by atoms with van der Waals surface area (Å²) in [5.41, 5.74) is -0.196. The summed E-state index contributed by atoms with van der Waals surface area (Å²) in [4.78, 5) is 10.6. The molecule has 0 aromatic heterocycles. The van der Waals surface area contributed by atoms with Gasteiger partial charge in [0.1, 0.15) is 0 Å². The van der Waals surface area contributed by atoms with Gasteiger partial charge >= 0.3 is 109 Å². The Bertz CT molecular complexity index is 362. The summed E-state index contributed by atoms with van der Waals surface area (Å²) in [6.45, 7) is 4.11. The second-order valence-corrected chi connectivity index (χ2v) is 13.2. The summed E-state index contributed by atoms with van der Waals surface area (Å²) in [6.07, 6.45) is 4.06. The van der Waals surface area contributed by atoms with Gasteiger partial charge in [0.15, 0.2) is 0 Å². The molecular weight excluding hydrogens is 325 g/mol. The SMILES string of the molecule is CC(C)(CCO)[C]1=CC=[C]([N+](=O)[O-])[In]1[CH2]CO. The van der Waals surface area contributed by atoms with Crippen molar-refractivity contribution >= 4 is 21.4 Å². The molecule has 1 aliphatic rings. The minimum absolute atomic E-state index is 0.0124. The van der Waals surface area contributed by atoms with E-state index in [4.69, 9.17) is 10.2 Å². The standard InChI is InChI=1S/C9H13NO3.C2H5O.In/c1-9(2,6-8-11)5-3-4-7-10(12)13;1-2-3;/h3-4,11H,6,8H2,1-2H3;3H,1-2H2;. The van der Waals surface area contributed by atoms with E-state index in [0.717, 1.165) is 3.33 Å². The van der Waals surface area contributed by atoms with Gasteiger partial charge in [-0.1, -0.05) is 0 Å². The van der Waals surface area contributed by atoms with Gasteiger partial charge < -0.3 is 0 Å². The fraction of sp³-hybridized carbons (Fsp3) is 0.636. The van der Waals surface area contributed by atoms with Gasteiger partial charge in [-0.25, -0.2) is 0 Å². The van der Waals surface area contributed by atoms with Gasteiger partial charge in [-0.2, -0.15) is 0 Å². The molecule has 94 valence electrons. The summed E-state index contributed by atoms with van der Waals surface area (Å²) in [6, 6.07) is 0. The molecule has 1 aliphatic heterocycles. The second kappa shape index (κ2) is 6.02. The van der Waals surface area contributed by atoms with Crippen molar-refractivity contribution in [2.75, 3.05) is 13.2 Å². The van der Waals surface area contributed by atoms with Crippen LogP contribution in [0.4, 0.5) is 0 Å². The normalized spacial score (nSPS) is 15.9. The zero-order chi connectivity index (χ0) is 13.1. The van der Waals surface area contributed by atoms with Crippen molar-refractivity contribution in [3.8, 4) is 0 Å². The molecule has 0 fully saturated rings. The van der Waals surface area contributed by atoms with Crippen molar-refractivity contribution in [3.63, 3.8) is 0 Å². The predicted molar refractivity (Wildman–Crippen MR) is 66.3 cm³/mol. The molecule has 17 heavy (non-hydrogen) atoms. The molecule has 2 N–H and O–H groups in total. The summed E-state index contributed by atoms with van der Waals surface area (Å²) in [5, 5.41) is 29.1. The fourth-order valence-electron chi connectivity index (χ4n) is 2.31. The van der Waals surface area contributed by atoms with Crippen molar-refractivity contribution in [3.05, 3.63) is 29.0 Å². The number of nitrogens with zero attached hydrogens (tertiary/aromatic N) is 1. The van der Waals surface area contributed by atoms with E-state index in [1.54, 1.807) is 6.08 Å². The van der Waals surface area contributed by atoms with Gasteiger partial charge in [-0.05, 0) is 0 Å². The van der Waals surface area contributed by atoms with Gasteiger partial charge in [0.2, 0.25) is 0 Å². The number of aliphatic hydroxyl groups is 2. The van der Waals surface area contributed by atoms with Crippen LogP contribution in [0.3, 0.4) is 0 Å². The van der Waals surface area contributed by atoms with Gasteiger partial charge in [0.25, 0.3) is 0 Å². The van der Waals surface area contributed by atoms with E-state index < -0.39 is 21.4 Å². The molecule has 0 aromatic rings. The number of allylic oxidation sites excluding steroid dienone is 3. The molecule has 1 rings (SSSR count). The fourth-order valence-corrected chi connectivity index (χ4v) is 11.4. The van der Waals surface area contributed by atoms with Crippen LogP contribution in [0.2, 0.25) is 4.18 Å². The van der Waals surface area contributed by atoms with Crippen LogP contribution in [0, 0.1) is 15.5 Å². The van der Waals surface area contributed by atoms with E-state index in [1.165, 1.54) is 0 Å². The first-order chi connectivity index (χ1) is 7.94. The monoisotopic (exact) mass is 343 g/mol. The zero-order valence-electron chi connectivity index (χ0n) is 10.2. The Labute approximate surface area is 109 Å². The summed E-state index contributed by atoms with van der Waals surface area (Å²) in [7, 11) is 0. The van der Waals surface area contributed by atoms with Crippen molar-refractivity contribution in [2.45, 2.75) is 24.4 Å². The molecule has 0 unspecified atom stereocenters. The molecule has 0 atom stereocenters. The predicted octanol–water partition coefficient (Wildman–Crippen LogP) is 1.06. The summed E-state index contributed by atoms with van der Waals surface area (Å²) < 4.78 is 2.05. The second-order valence-electron chi connectivity index (χ2n) is 4.89.